The number of carbonyl (C=O) groups is 3. The van der Waals surface area contributed by atoms with Gasteiger partial charge in [-0.2, -0.15) is 8.78 Å². The van der Waals surface area contributed by atoms with Gasteiger partial charge < -0.3 is 23.7 Å². The molecule has 2 aliphatic carbocycles. The fourth-order valence-corrected chi connectivity index (χ4v) is 6.86. The van der Waals surface area contributed by atoms with Crippen molar-refractivity contribution in [2.45, 2.75) is 71.2 Å². The molecule has 2 aliphatic rings. The van der Waals surface area contributed by atoms with Crippen LogP contribution in [0.2, 0.25) is 10.0 Å². The summed E-state index contributed by atoms with van der Waals surface area (Å²) in [5, 5.41) is -0.142. The SMILES string of the molecule is CC(C)(C)OC(=O)CN(c1ccc(C(=O)SCC(=O)O[C@@H](Cc2c(Cl)cncc2Cl)c2ccc(OC(F)F)c(OCC3CC3)c2)cc1OCC1CC1)[SH](=O)=O. The second-order valence-electron chi connectivity index (χ2n) is 14.0. The van der Waals surface area contributed by atoms with E-state index >= 15 is 0 Å². The Labute approximate surface area is 333 Å². The maximum Gasteiger partial charge on any atom is 0.387 e. The van der Waals surface area contributed by atoms with Gasteiger partial charge >= 0.3 is 18.6 Å². The first-order valence-corrected chi connectivity index (χ1v) is 20.2. The summed E-state index contributed by atoms with van der Waals surface area (Å²) in [6.07, 6.45) is 5.43. The van der Waals surface area contributed by atoms with E-state index < -0.39 is 58.6 Å². The number of benzene rings is 2. The van der Waals surface area contributed by atoms with E-state index in [2.05, 4.69) is 9.72 Å². The van der Waals surface area contributed by atoms with Crippen LogP contribution in [0.4, 0.5) is 14.5 Å². The number of thioether (sulfide) groups is 1. The van der Waals surface area contributed by atoms with Gasteiger partial charge in [-0.05, 0) is 99.7 Å². The van der Waals surface area contributed by atoms with E-state index in [4.69, 9.17) is 42.1 Å². The molecule has 2 fully saturated rings. The fraction of sp³-hybridized carbons (Fsp3) is 0.459. The van der Waals surface area contributed by atoms with Crippen molar-refractivity contribution in [2.24, 2.45) is 11.8 Å². The number of hydrogen-bond acceptors (Lipinski definition) is 12. The smallest absolute Gasteiger partial charge is 0.387 e. The Morgan fingerprint density at radius 3 is 2.13 bits per heavy atom. The molecule has 0 spiro atoms. The van der Waals surface area contributed by atoms with Gasteiger partial charge in [0.1, 0.15) is 24.0 Å². The van der Waals surface area contributed by atoms with Crippen molar-refractivity contribution in [3.05, 3.63) is 75.5 Å². The van der Waals surface area contributed by atoms with Crippen molar-refractivity contribution >= 4 is 68.6 Å². The van der Waals surface area contributed by atoms with E-state index in [-0.39, 0.29) is 57.5 Å². The van der Waals surface area contributed by atoms with Crippen molar-refractivity contribution in [3.63, 3.8) is 0 Å². The number of pyridine rings is 1. The molecule has 0 bridgehead atoms. The molecule has 0 amide bonds. The van der Waals surface area contributed by atoms with Crippen LogP contribution in [0.5, 0.6) is 17.2 Å². The van der Waals surface area contributed by atoms with Gasteiger partial charge in [0.15, 0.2) is 11.5 Å². The second-order valence-corrected chi connectivity index (χ2v) is 16.7. The number of nitrogens with zero attached hydrogens (tertiary/aromatic N) is 2. The Balaban J connectivity index is 1.33. The molecule has 0 saturated heterocycles. The molecule has 12 nitrogen and oxygen atoms in total. The van der Waals surface area contributed by atoms with Crippen LogP contribution in [0.1, 0.15) is 74.0 Å². The lowest BCUT2D eigenvalue weighted by atomic mass is 10.0. The average molecular weight is 846 g/mol. The molecule has 3 aromatic rings. The van der Waals surface area contributed by atoms with Crippen molar-refractivity contribution in [1.82, 2.24) is 4.98 Å². The van der Waals surface area contributed by atoms with E-state index in [1.54, 1.807) is 20.8 Å². The number of esters is 2. The first-order valence-electron chi connectivity index (χ1n) is 17.3. The highest BCUT2D eigenvalue weighted by Gasteiger charge is 2.29. The Kier molecular flexibility index (Phi) is 14.5. The van der Waals surface area contributed by atoms with Gasteiger partial charge in [-0.3, -0.25) is 23.7 Å². The maximum atomic E-state index is 13.4. The number of halogens is 4. The summed E-state index contributed by atoms with van der Waals surface area (Å²) in [4.78, 5) is 43.3. The van der Waals surface area contributed by atoms with Gasteiger partial charge in [0, 0.05) is 24.4 Å². The zero-order valence-corrected chi connectivity index (χ0v) is 33.4. The van der Waals surface area contributed by atoms with E-state index in [0.717, 1.165) is 30.0 Å². The predicted octanol–water partition coefficient (Wildman–Crippen LogP) is 7.64. The second kappa shape index (κ2) is 18.9. The summed E-state index contributed by atoms with van der Waals surface area (Å²) in [6.45, 7) is 1.82. The van der Waals surface area contributed by atoms with Crippen LogP contribution in [0.25, 0.3) is 0 Å². The lowest BCUT2D eigenvalue weighted by molar-refractivity contribution is -0.152. The van der Waals surface area contributed by atoms with Crippen LogP contribution in [-0.4, -0.2) is 68.2 Å². The summed E-state index contributed by atoms with van der Waals surface area (Å²) in [5.74, 6) is -1.54. The Bertz CT molecular complexity index is 1930. The molecule has 0 aliphatic heterocycles. The lowest BCUT2D eigenvalue weighted by Crippen LogP contribution is -2.34. The minimum Gasteiger partial charge on any atom is -0.491 e. The third-order valence-electron chi connectivity index (χ3n) is 8.20. The molecule has 1 aromatic heterocycles. The molecule has 18 heteroatoms. The highest BCUT2D eigenvalue weighted by Crippen LogP contribution is 2.39. The third kappa shape index (κ3) is 13.1. The Morgan fingerprint density at radius 2 is 1.55 bits per heavy atom. The molecule has 298 valence electrons. The predicted molar refractivity (Wildman–Crippen MR) is 203 cm³/mol. The van der Waals surface area contributed by atoms with Gasteiger partial charge in [0.05, 0.1) is 34.7 Å². The largest absolute Gasteiger partial charge is 0.491 e. The number of rotatable bonds is 19. The van der Waals surface area contributed by atoms with Crippen LogP contribution >= 0.6 is 35.0 Å². The van der Waals surface area contributed by atoms with Crippen LogP contribution in [0.3, 0.4) is 0 Å². The zero-order valence-electron chi connectivity index (χ0n) is 30.1. The van der Waals surface area contributed by atoms with E-state index in [0.29, 0.717) is 35.4 Å². The molecule has 0 N–H and O–H groups in total. The first kappa shape index (κ1) is 42.3. The molecule has 1 heterocycles. The Morgan fingerprint density at radius 1 is 0.909 bits per heavy atom. The number of ether oxygens (including phenoxy) is 5. The maximum absolute atomic E-state index is 13.4. The molecule has 5 rings (SSSR count). The van der Waals surface area contributed by atoms with Crippen molar-refractivity contribution < 1.29 is 55.3 Å². The number of aromatic nitrogens is 1. The molecule has 2 saturated carbocycles. The molecule has 2 aromatic carbocycles. The summed E-state index contributed by atoms with van der Waals surface area (Å²) in [6, 6.07) is 8.28. The van der Waals surface area contributed by atoms with Gasteiger partial charge in [-0.1, -0.05) is 41.0 Å². The number of thiol groups is 1. The topological polar surface area (TPSA) is 148 Å². The summed E-state index contributed by atoms with van der Waals surface area (Å²) in [7, 11) is -3.31. The molecule has 0 unspecified atom stereocenters. The quantitative estimate of drug-likeness (QED) is 0.0934. The van der Waals surface area contributed by atoms with Crippen molar-refractivity contribution in [1.29, 1.82) is 0 Å². The molecular formula is C37H40Cl2F2N2O10S2. The van der Waals surface area contributed by atoms with Crippen LogP contribution in [-0.2, 0) is 36.4 Å². The van der Waals surface area contributed by atoms with E-state index in [1.807, 2.05) is 0 Å². The zero-order chi connectivity index (χ0) is 39.9. The van der Waals surface area contributed by atoms with E-state index in [9.17, 15) is 31.6 Å². The summed E-state index contributed by atoms with van der Waals surface area (Å²) < 4.78 is 79.4. The van der Waals surface area contributed by atoms with Crippen molar-refractivity contribution in [2.75, 3.05) is 29.8 Å². The van der Waals surface area contributed by atoms with Crippen LogP contribution in [0.15, 0.2) is 48.8 Å². The van der Waals surface area contributed by atoms with Crippen LogP contribution in [0, 0.1) is 11.8 Å². The monoisotopic (exact) mass is 844 g/mol. The number of anilines is 1. The first-order chi connectivity index (χ1) is 26.1. The van der Waals surface area contributed by atoms with Gasteiger partial charge in [-0.25, -0.2) is 8.42 Å². The van der Waals surface area contributed by atoms with Gasteiger partial charge in [0.2, 0.25) is 16.0 Å². The highest BCUT2D eigenvalue weighted by molar-refractivity contribution is 8.14. The summed E-state index contributed by atoms with van der Waals surface area (Å²) >= 11 is 13.4. The van der Waals surface area contributed by atoms with Gasteiger partial charge in [-0.15, -0.1) is 0 Å². The fourth-order valence-electron chi connectivity index (χ4n) is 5.16. The Hall–Kier alpha value is -3.86. The average Bonchev–Trinajstić information content (AvgIpc) is 4.05. The minimum atomic E-state index is -3.31. The number of hydrogen-bond donors (Lipinski definition) is 1. The molecule has 55 heavy (non-hydrogen) atoms. The molecular weight excluding hydrogens is 805 g/mol. The van der Waals surface area contributed by atoms with E-state index in [1.165, 1.54) is 48.8 Å². The normalized spacial score (nSPS) is 14.7. The number of carbonyl (C=O) groups excluding carboxylic acids is 3. The third-order valence-corrected chi connectivity index (χ3v) is 10.5. The molecule has 1 atom stereocenters. The van der Waals surface area contributed by atoms with Crippen LogP contribution < -0.4 is 18.5 Å². The highest BCUT2D eigenvalue weighted by atomic mass is 35.5. The molecule has 0 radical (unpaired) electrons. The summed E-state index contributed by atoms with van der Waals surface area (Å²) in [5.41, 5.74) is 0.0727. The lowest BCUT2D eigenvalue weighted by Gasteiger charge is -2.24. The van der Waals surface area contributed by atoms with Crippen molar-refractivity contribution in [3.8, 4) is 17.2 Å². The minimum absolute atomic E-state index is 0.0351. The van der Waals surface area contributed by atoms with Gasteiger partial charge in [0.25, 0.3) is 0 Å². The number of alkyl halides is 2. The standard InChI is InChI=1S/C37H40Cl2F2N2O10S2/c1-37(2,3)53-33(44)17-43(55(47)48)28-10-8-24(13-31(28)49-18-21-4-5-21)35(46)54-20-34(45)51-30(14-25-26(38)15-42-16-27(25)39)23-9-11-29(52-36(40)41)32(12-23)50-19-22-6-7-22/h8-13,15-16,21-22,30,36,55H,4-7,14,17-20H2,1-3H3/t30-/m0/s1.